The molecule has 2 N–H and O–H groups in total. The van der Waals surface area contributed by atoms with Crippen molar-refractivity contribution < 1.29 is 14.3 Å². The number of carbonyl (C=O) groups excluding carboxylic acids is 2. The summed E-state index contributed by atoms with van der Waals surface area (Å²) in [6.45, 7) is 7.82. The number of anilines is 1. The van der Waals surface area contributed by atoms with Gasteiger partial charge < -0.3 is 15.4 Å². The molecule has 0 aliphatic rings. The van der Waals surface area contributed by atoms with Crippen LogP contribution in [-0.4, -0.2) is 18.0 Å². The van der Waals surface area contributed by atoms with Gasteiger partial charge in [-0.05, 0) is 42.5 Å². The molecule has 138 valence electrons. The van der Waals surface area contributed by atoms with E-state index in [9.17, 15) is 9.59 Å². The minimum Gasteiger partial charge on any atom is -0.445 e. The molecule has 1 atom stereocenters. The fourth-order valence-corrected chi connectivity index (χ4v) is 2.51. The number of alkyl carbamates (subject to hydrolysis) is 1. The van der Waals surface area contributed by atoms with Crippen LogP contribution >= 0.6 is 0 Å². The Labute approximate surface area is 154 Å². The van der Waals surface area contributed by atoms with Crippen LogP contribution in [0.2, 0.25) is 0 Å². The van der Waals surface area contributed by atoms with Crippen LogP contribution in [0.3, 0.4) is 0 Å². The molecule has 5 nitrogen and oxygen atoms in total. The number of carbonyl (C=O) groups is 2. The van der Waals surface area contributed by atoms with Gasteiger partial charge in [-0.3, -0.25) is 4.79 Å². The van der Waals surface area contributed by atoms with Crippen molar-refractivity contribution in [3.05, 3.63) is 65.2 Å². The first-order valence-corrected chi connectivity index (χ1v) is 8.72. The van der Waals surface area contributed by atoms with Crippen LogP contribution in [0.4, 0.5) is 10.5 Å². The first kappa shape index (κ1) is 19.5. The van der Waals surface area contributed by atoms with Gasteiger partial charge in [0.15, 0.2) is 0 Å². The topological polar surface area (TPSA) is 67.4 Å². The maximum atomic E-state index is 12.6. The lowest BCUT2D eigenvalue weighted by Gasteiger charge is -2.22. The van der Waals surface area contributed by atoms with Crippen LogP contribution in [0.25, 0.3) is 0 Å². The van der Waals surface area contributed by atoms with Crippen molar-refractivity contribution in [1.29, 1.82) is 0 Å². The van der Waals surface area contributed by atoms with Crippen molar-refractivity contribution in [2.75, 3.05) is 5.32 Å². The van der Waals surface area contributed by atoms with Gasteiger partial charge in [-0.2, -0.15) is 0 Å². The molecule has 2 rings (SSSR count). The van der Waals surface area contributed by atoms with E-state index in [1.54, 1.807) is 0 Å². The lowest BCUT2D eigenvalue weighted by Crippen LogP contribution is -2.47. The Bertz CT molecular complexity index is 757. The minimum absolute atomic E-state index is 0.0793. The molecule has 0 unspecified atom stereocenters. The van der Waals surface area contributed by atoms with Gasteiger partial charge in [-0.15, -0.1) is 0 Å². The van der Waals surface area contributed by atoms with Crippen molar-refractivity contribution in [3.8, 4) is 0 Å². The zero-order valence-corrected chi connectivity index (χ0v) is 15.7. The first-order valence-electron chi connectivity index (χ1n) is 8.72. The Balaban J connectivity index is 1.97. The molecule has 0 spiro atoms. The fraction of sp³-hybridized carbons (Fsp3) is 0.333. The van der Waals surface area contributed by atoms with Crippen LogP contribution in [0.5, 0.6) is 0 Å². The van der Waals surface area contributed by atoms with E-state index < -0.39 is 12.1 Å². The molecule has 5 heteroatoms. The highest BCUT2D eigenvalue weighted by Gasteiger charge is 2.25. The number of hydrogen-bond donors (Lipinski definition) is 2. The third-order valence-electron chi connectivity index (χ3n) is 4.09. The quantitative estimate of drug-likeness (QED) is 0.817. The standard InChI is InChI=1S/C21H26N2O3/c1-14(2)19(20(24)22-18-12-15(3)10-11-16(18)4)23-21(25)26-13-17-8-6-5-7-9-17/h5-12,14,19H,13H2,1-4H3,(H,22,24)(H,23,25)/t19-/m0/s1. The monoisotopic (exact) mass is 354 g/mol. The molecule has 0 radical (unpaired) electrons. The molecule has 0 heterocycles. The highest BCUT2D eigenvalue weighted by molar-refractivity contribution is 5.97. The fourth-order valence-electron chi connectivity index (χ4n) is 2.51. The second-order valence-corrected chi connectivity index (χ2v) is 6.74. The molecule has 0 saturated carbocycles. The Morgan fingerprint density at radius 3 is 2.38 bits per heavy atom. The van der Waals surface area contributed by atoms with Crippen LogP contribution in [0.1, 0.15) is 30.5 Å². The number of benzene rings is 2. The number of ether oxygens (including phenoxy) is 1. The van der Waals surface area contributed by atoms with E-state index in [1.165, 1.54) is 0 Å². The van der Waals surface area contributed by atoms with Crippen molar-refractivity contribution in [3.63, 3.8) is 0 Å². The molecule has 2 amide bonds. The van der Waals surface area contributed by atoms with Gasteiger partial charge in [0.1, 0.15) is 12.6 Å². The third kappa shape index (κ3) is 5.62. The number of nitrogens with one attached hydrogen (secondary N) is 2. The van der Waals surface area contributed by atoms with E-state index >= 15 is 0 Å². The average molecular weight is 354 g/mol. The van der Waals surface area contributed by atoms with Crippen LogP contribution in [0.15, 0.2) is 48.5 Å². The largest absolute Gasteiger partial charge is 0.445 e. The number of amides is 2. The predicted molar refractivity (Wildman–Crippen MR) is 103 cm³/mol. The average Bonchev–Trinajstić information content (AvgIpc) is 2.61. The second-order valence-electron chi connectivity index (χ2n) is 6.74. The molecule has 26 heavy (non-hydrogen) atoms. The Morgan fingerprint density at radius 1 is 1.04 bits per heavy atom. The summed E-state index contributed by atoms with van der Waals surface area (Å²) in [4.78, 5) is 24.7. The van der Waals surface area contributed by atoms with E-state index in [1.807, 2.05) is 76.2 Å². The number of aryl methyl sites for hydroxylation is 2. The zero-order valence-electron chi connectivity index (χ0n) is 15.7. The minimum atomic E-state index is -0.682. The first-order chi connectivity index (χ1) is 12.4. The summed E-state index contributed by atoms with van der Waals surface area (Å²) >= 11 is 0. The van der Waals surface area contributed by atoms with E-state index in [2.05, 4.69) is 10.6 Å². The molecule has 0 bridgehead atoms. The molecular formula is C21H26N2O3. The summed E-state index contributed by atoms with van der Waals surface area (Å²) in [6.07, 6.45) is -0.608. The SMILES string of the molecule is Cc1ccc(C)c(NC(=O)[C@@H](NC(=O)OCc2ccccc2)C(C)C)c1. The van der Waals surface area contributed by atoms with Gasteiger partial charge in [0.2, 0.25) is 5.91 Å². The van der Waals surface area contributed by atoms with E-state index in [0.717, 1.165) is 22.4 Å². The Morgan fingerprint density at radius 2 is 1.73 bits per heavy atom. The predicted octanol–water partition coefficient (Wildman–Crippen LogP) is 4.19. The van der Waals surface area contributed by atoms with Gasteiger partial charge >= 0.3 is 6.09 Å². The molecule has 2 aromatic carbocycles. The molecular weight excluding hydrogens is 328 g/mol. The summed E-state index contributed by atoms with van der Waals surface area (Å²) < 4.78 is 5.22. The second kappa shape index (κ2) is 9.04. The highest BCUT2D eigenvalue weighted by Crippen LogP contribution is 2.17. The lowest BCUT2D eigenvalue weighted by molar-refractivity contribution is -0.119. The van der Waals surface area contributed by atoms with Crippen LogP contribution < -0.4 is 10.6 Å². The van der Waals surface area contributed by atoms with Crippen molar-refractivity contribution in [1.82, 2.24) is 5.32 Å². The maximum absolute atomic E-state index is 12.6. The van der Waals surface area contributed by atoms with E-state index in [-0.39, 0.29) is 18.4 Å². The molecule has 0 saturated heterocycles. The molecule has 2 aromatic rings. The smallest absolute Gasteiger partial charge is 0.408 e. The summed E-state index contributed by atoms with van der Waals surface area (Å²) in [5, 5.41) is 5.57. The van der Waals surface area contributed by atoms with Crippen LogP contribution in [-0.2, 0) is 16.1 Å². The Hall–Kier alpha value is -2.82. The number of hydrogen-bond acceptors (Lipinski definition) is 3. The highest BCUT2D eigenvalue weighted by atomic mass is 16.5. The molecule has 0 aliphatic heterocycles. The van der Waals surface area contributed by atoms with Gasteiger partial charge in [-0.25, -0.2) is 4.79 Å². The summed E-state index contributed by atoms with van der Waals surface area (Å²) in [5.41, 5.74) is 3.67. The van der Waals surface area contributed by atoms with Crippen molar-refractivity contribution in [2.24, 2.45) is 5.92 Å². The maximum Gasteiger partial charge on any atom is 0.408 e. The van der Waals surface area contributed by atoms with Gasteiger partial charge in [0.25, 0.3) is 0 Å². The normalized spacial score (nSPS) is 11.7. The van der Waals surface area contributed by atoms with E-state index in [4.69, 9.17) is 4.74 Å². The summed E-state index contributed by atoms with van der Waals surface area (Å²) in [5.74, 6) is -0.338. The third-order valence-corrected chi connectivity index (χ3v) is 4.09. The molecule has 0 fully saturated rings. The summed E-state index contributed by atoms with van der Waals surface area (Å²) in [6, 6.07) is 14.6. The summed E-state index contributed by atoms with van der Waals surface area (Å²) in [7, 11) is 0. The van der Waals surface area contributed by atoms with E-state index in [0.29, 0.717) is 0 Å². The zero-order chi connectivity index (χ0) is 19.1. The van der Waals surface area contributed by atoms with Gasteiger partial charge in [0.05, 0.1) is 0 Å². The van der Waals surface area contributed by atoms with Crippen molar-refractivity contribution in [2.45, 2.75) is 40.3 Å². The van der Waals surface area contributed by atoms with Crippen molar-refractivity contribution >= 4 is 17.7 Å². The Kier molecular flexibility index (Phi) is 6.78. The van der Waals surface area contributed by atoms with Gasteiger partial charge in [0, 0.05) is 5.69 Å². The number of rotatable bonds is 6. The van der Waals surface area contributed by atoms with Gasteiger partial charge in [-0.1, -0.05) is 56.3 Å². The van der Waals surface area contributed by atoms with Crippen LogP contribution in [0, 0.1) is 19.8 Å². The molecule has 0 aliphatic carbocycles. The molecule has 0 aromatic heterocycles. The lowest BCUT2D eigenvalue weighted by atomic mass is 10.0.